The van der Waals surface area contributed by atoms with E-state index in [1.165, 1.54) is 31.9 Å². The second-order valence-corrected chi connectivity index (χ2v) is 16.7. The molecule has 0 saturated carbocycles. The van der Waals surface area contributed by atoms with Gasteiger partial charge < -0.3 is 9.32 Å². The van der Waals surface area contributed by atoms with Crippen LogP contribution in [0.4, 0.5) is 17.1 Å². The van der Waals surface area contributed by atoms with Crippen LogP contribution in [-0.4, -0.2) is 8.07 Å². The lowest BCUT2D eigenvalue weighted by molar-refractivity contribution is 0.669. The Bertz CT molecular complexity index is 2450. The molecule has 1 aromatic heterocycles. The van der Waals surface area contributed by atoms with Crippen LogP contribution in [0.25, 0.3) is 33.1 Å². The minimum atomic E-state index is -2.65. The van der Waals surface area contributed by atoms with Crippen LogP contribution in [0.3, 0.4) is 0 Å². The van der Waals surface area contributed by atoms with Crippen LogP contribution in [0.15, 0.2) is 217 Å². The largest absolute Gasteiger partial charge is 0.456 e. The zero-order valence-corrected chi connectivity index (χ0v) is 29.1. The molecule has 0 aliphatic heterocycles. The number of furan rings is 1. The van der Waals surface area contributed by atoms with E-state index in [0.717, 1.165) is 39.0 Å². The van der Waals surface area contributed by atoms with Gasteiger partial charge in [0.05, 0.1) is 0 Å². The Balaban J connectivity index is 1.22. The molecule has 51 heavy (non-hydrogen) atoms. The summed E-state index contributed by atoms with van der Waals surface area (Å²) in [6, 6.07) is 76.8. The number of rotatable bonds is 8. The van der Waals surface area contributed by atoms with E-state index < -0.39 is 8.07 Å². The summed E-state index contributed by atoms with van der Waals surface area (Å²) >= 11 is 0. The summed E-state index contributed by atoms with van der Waals surface area (Å²) in [7, 11) is -2.65. The van der Waals surface area contributed by atoms with Gasteiger partial charge in [0, 0.05) is 27.8 Å². The second-order valence-electron chi connectivity index (χ2n) is 12.9. The lowest BCUT2D eigenvalue weighted by Crippen LogP contribution is -2.74. The summed E-state index contributed by atoms with van der Waals surface area (Å²) < 4.78 is 6.23. The first-order chi connectivity index (χ1) is 25.3. The van der Waals surface area contributed by atoms with Gasteiger partial charge in [-0.15, -0.1) is 0 Å². The lowest BCUT2D eigenvalue weighted by Gasteiger charge is -2.35. The SMILES string of the molecule is c1ccc(-c2ccc(N(c3ccc([Si](c4ccccc4)(c4ccccc4)c4ccccc4)cc3)c3ccc4oc5ccccc5c4c3)cc2)cc1. The van der Waals surface area contributed by atoms with Gasteiger partial charge in [-0.1, -0.05) is 164 Å². The van der Waals surface area contributed by atoms with Gasteiger partial charge >= 0.3 is 0 Å². The van der Waals surface area contributed by atoms with Crippen molar-refractivity contribution in [2.24, 2.45) is 0 Å². The molecule has 0 unspecified atom stereocenters. The molecular formula is C48H35NOSi. The van der Waals surface area contributed by atoms with Crippen molar-refractivity contribution in [1.82, 2.24) is 0 Å². The minimum absolute atomic E-state index is 0.888. The molecule has 0 fully saturated rings. The monoisotopic (exact) mass is 669 g/mol. The Morgan fingerprint density at radius 3 is 1.29 bits per heavy atom. The fourth-order valence-corrected chi connectivity index (χ4v) is 12.4. The summed E-state index contributed by atoms with van der Waals surface area (Å²) in [5.74, 6) is 0. The highest BCUT2D eigenvalue weighted by Crippen LogP contribution is 2.39. The highest BCUT2D eigenvalue weighted by molar-refractivity contribution is 7.19. The molecular weight excluding hydrogens is 635 g/mol. The van der Waals surface area contributed by atoms with Crippen LogP contribution >= 0.6 is 0 Å². The quantitative estimate of drug-likeness (QED) is 0.118. The van der Waals surface area contributed by atoms with Crippen molar-refractivity contribution in [1.29, 1.82) is 0 Å². The molecule has 8 aromatic carbocycles. The van der Waals surface area contributed by atoms with Crippen molar-refractivity contribution in [2.45, 2.75) is 0 Å². The molecule has 1 heterocycles. The van der Waals surface area contributed by atoms with Gasteiger partial charge in [-0.3, -0.25) is 0 Å². The molecule has 0 spiro atoms. The van der Waals surface area contributed by atoms with E-state index in [0.29, 0.717) is 0 Å². The maximum absolute atomic E-state index is 6.23. The fourth-order valence-electron chi connectivity index (χ4n) is 7.66. The van der Waals surface area contributed by atoms with E-state index in [1.807, 2.05) is 12.1 Å². The number of benzene rings is 8. The Hall–Kier alpha value is -6.42. The molecule has 0 N–H and O–H groups in total. The maximum Gasteiger partial charge on any atom is 0.179 e. The third-order valence-electron chi connectivity index (χ3n) is 10.0. The first kappa shape index (κ1) is 30.6. The van der Waals surface area contributed by atoms with Crippen molar-refractivity contribution in [3.63, 3.8) is 0 Å². The number of hydrogen-bond acceptors (Lipinski definition) is 2. The second kappa shape index (κ2) is 13.1. The maximum atomic E-state index is 6.23. The predicted molar refractivity (Wildman–Crippen MR) is 217 cm³/mol. The summed E-state index contributed by atoms with van der Waals surface area (Å²) in [6.07, 6.45) is 0. The van der Waals surface area contributed by atoms with Crippen LogP contribution in [0.5, 0.6) is 0 Å². The molecule has 242 valence electrons. The van der Waals surface area contributed by atoms with Crippen molar-refractivity contribution in [3.05, 3.63) is 212 Å². The van der Waals surface area contributed by atoms with Crippen molar-refractivity contribution >= 4 is 67.8 Å². The summed E-state index contributed by atoms with van der Waals surface area (Å²) in [5, 5.41) is 7.65. The molecule has 9 rings (SSSR count). The first-order valence-corrected chi connectivity index (χ1v) is 19.4. The highest BCUT2D eigenvalue weighted by atomic mass is 28.3. The van der Waals surface area contributed by atoms with Gasteiger partial charge in [0.1, 0.15) is 11.2 Å². The average Bonchev–Trinajstić information content (AvgIpc) is 3.59. The molecule has 0 saturated heterocycles. The summed E-state index contributed by atoms with van der Waals surface area (Å²) in [5.41, 5.74) is 7.44. The normalized spacial score (nSPS) is 11.5. The van der Waals surface area contributed by atoms with E-state index in [1.54, 1.807) is 0 Å². The zero-order chi connectivity index (χ0) is 34.0. The van der Waals surface area contributed by atoms with Crippen LogP contribution in [0, 0.1) is 0 Å². The minimum Gasteiger partial charge on any atom is -0.456 e. The summed E-state index contributed by atoms with van der Waals surface area (Å²) in [4.78, 5) is 2.36. The molecule has 9 aromatic rings. The van der Waals surface area contributed by atoms with Gasteiger partial charge in [0.25, 0.3) is 0 Å². The highest BCUT2D eigenvalue weighted by Gasteiger charge is 2.41. The van der Waals surface area contributed by atoms with Gasteiger partial charge in [0.15, 0.2) is 8.07 Å². The topological polar surface area (TPSA) is 16.4 Å². The van der Waals surface area contributed by atoms with Gasteiger partial charge in [0.2, 0.25) is 0 Å². The van der Waals surface area contributed by atoms with Crippen LogP contribution in [0.2, 0.25) is 0 Å². The fraction of sp³-hybridized carbons (Fsp3) is 0. The molecule has 0 amide bonds. The van der Waals surface area contributed by atoms with Crippen LogP contribution in [-0.2, 0) is 0 Å². The van der Waals surface area contributed by atoms with E-state index in [9.17, 15) is 0 Å². The first-order valence-electron chi connectivity index (χ1n) is 17.4. The van der Waals surface area contributed by atoms with Crippen LogP contribution in [0.1, 0.15) is 0 Å². The van der Waals surface area contributed by atoms with Gasteiger partial charge in [-0.05, 0) is 80.4 Å². The standard InChI is InChI=1S/C48H35NOSi/c1-5-15-36(16-6-1)37-25-27-38(28-26-37)49(40-31-34-48-46(35-40)45-23-13-14-24-47(45)50-48)39-29-32-44(33-30-39)51(41-17-7-2-8-18-41,42-19-9-3-10-20-42)43-21-11-4-12-22-43/h1-35H. The molecule has 0 aliphatic rings. The van der Waals surface area contributed by atoms with Crippen molar-refractivity contribution in [2.75, 3.05) is 4.90 Å². The van der Waals surface area contributed by atoms with E-state index in [4.69, 9.17) is 4.42 Å². The summed E-state index contributed by atoms with van der Waals surface area (Å²) in [6.45, 7) is 0. The molecule has 2 nitrogen and oxygen atoms in total. The van der Waals surface area contributed by atoms with Crippen molar-refractivity contribution < 1.29 is 4.42 Å². The molecule has 0 atom stereocenters. The van der Waals surface area contributed by atoms with E-state index in [-0.39, 0.29) is 0 Å². The number of para-hydroxylation sites is 1. The van der Waals surface area contributed by atoms with Gasteiger partial charge in [-0.2, -0.15) is 0 Å². The molecule has 3 heteroatoms. The zero-order valence-electron chi connectivity index (χ0n) is 28.1. The number of fused-ring (bicyclic) bond motifs is 3. The Labute approximate surface area is 299 Å². The Morgan fingerprint density at radius 2 is 0.725 bits per heavy atom. The lowest BCUT2D eigenvalue weighted by atomic mass is 10.0. The molecule has 0 aliphatic carbocycles. The molecule has 0 radical (unpaired) electrons. The number of anilines is 3. The smallest absolute Gasteiger partial charge is 0.179 e. The average molecular weight is 670 g/mol. The Kier molecular flexibility index (Phi) is 7.88. The van der Waals surface area contributed by atoms with Crippen LogP contribution < -0.4 is 25.6 Å². The third-order valence-corrected chi connectivity index (χ3v) is 14.8. The van der Waals surface area contributed by atoms with Gasteiger partial charge in [-0.25, -0.2) is 0 Å². The number of hydrogen-bond donors (Lipinski definition) is 0. The predicted octanol–water partition coefficient (Wildman–Crippen LogP) is 10.1. The number of nitrogens with zero attached hydrogens (tertiary/aromatic N) is 1. The molecule has 0 bridgehead atoms. The van der Waals surface area contributed by atoms with E-state index in [2.05, 4.69) is 205 Å². The van der Waals surface area contributed by atoms with E-state index >= 15 is 0 Å². The third kappa shape index (κ3) is 5.45. The Morgan fingerprint density at radius 1 is 0.314 bits per heavy atom. The van der Waals surface area contributed by atoms with Crippen molar-refractivity contribution in [3.8, 4) is 11.1 Å².